The Morgan fingerprint density at radius 3 is 2.46 bits per heavy atom. The van der Waals surface area contributed by atoms with Gasteiger partial charge in [0.15, 0.2) is 0 Å². The Morgan fingerprint density at radius 2 is 1.86 bits per heavy atom. The lowest BCUT2D eigenvalue weighted by atomic mass is 9.89. The van der Waals surface area contributed by atoms with Crippen LogP contribution in [-0.4, -0.2) is 31.8 Å². The second kappa shape index (κ2) is 6.59. The lowest BCUT2D eigenvalue weighted by Crippen LogP contribution is -2.39. The number of aliphatic hydroxyl groups excluding tert-OH is 1. The highest BCUT2D eigenvalue weighted by Crippen LogP contribution is 2.34. The molecule has 0 saturated heterocycles. The van der Waals surface area contributed by atoms with E-state index in [4.69, 9.17) is 0 Å². The van der Waals surface area contributed by atoms with Crippen molar-refractivity contribution in [2.24, 2.45) is 7.05 Å². The lowest BCUT2D eigenvalue weighted by molar-refractivity contribution is -0.137. The van der Waals surface area contributed by atoms with Crippen LogP contribution in [0.5, 0.6) is 0 Å². The molecule has 1 saturated carbocycles. The summed E-state index contributed by atoms with van der Waals surface area (Å²) in [6.07, 6.45) is -0.802. The molecule has 2 heterocycles. The SMILES string of the molecule is Cn1cnc2c(-c3ccc(C(F)(F)F)cc3)cnc(NC3CC(O)C3)c2c1=O. The molecule has 1 aliphatic rings. The first-order valence-electron chi connectivity index (χ1n) is 8.70. The maximum absolute atomic E-state index is 12.8. The molecule has 28 heavy (non-hydrogen) atoms. The Labute approximate surface area is 157 Å². The number of hydrogen-bond donors (Lipinski definition) is 2. The van der Waals surface area contributed by atoms with Crippen molar-refractivity contribution in [2.75, 3.05) is 5.32 Å². The van der Waals surface area contributed by atoms with Crippen LogP contribution in [0.15, 0.2) is 41.6 Å². The molecular formula is C19H17F3N4O2. The molecule has 0 aliphatic heterocycles. The minimum absolute atomic E-state index is 0.00697. The van der Waals surface area contributed by atoms with Crippen molar-refractivity contribution < 1.29 is 18.3 Å². The van der Waals surface area contributed by atoms with Crippen LogP contribution in [-0.2, 0) is 13.2 Å². The first-order valence-corrected chi connectivity index (χ1v) is 8.70. The summed E-state index contributed by atoms with van der Waals surface area (Å²) in [4.78, 5) is 21.4. The maximum Gasteiger partial charge on any atom is 0.416 e. The molecule has 2 aromatic heterocycles. The molecular weight excluding hydrogens is 373 g/mol. The van der Waals surface area contributed by atoms with E-state index in [1.807, 2.05) is 0 Å². The molecule has 1 fully saturated rings. The number of anilines is 1. The van der Waals surface area contributed by atoms with Crippen molar-refractivity contribution in [2.45, 2.75) is 31.2 Å². The fourth-order valence-corrected chi connectivity index (χ4v) is 3.27. The minimum Gasteiger partial charge on any atom is -0.393 e. The first kappa shape index (κ1) is 18.4. The number of aliphatic hydroxyl groups is 1. The van der Waals surface area contributed by atoms with Gasteiger partial charge in [-0.15, -0.1) is 0 Å². The largest absolute Gasteiger partial charge is 0.416 e. The molecule has 9 heteroatoms. The van der Waals surface area contributed by atoms with Crippen molar-refractivity contribution in [1.82, 2.24) is 14.5 Å². The monoisotopic (exact) mass is 390 g/mol. The Balaban J connectivity index is 1.82. The van der Waals surface area contributed by atoms with Crippen molar-refractivity contribution in [3.05, 3.63) is 52.7 Å². The van der Waals surface area contributed by atoms with E-state index in [0.717, 1.165) is 12.1 Å². The Kier molecular flexibility index (Phi) is 4.34. The number of aryl methyl sites for hydroxylation is 1. The molecule has 1 aromatic carbocycles. The predicted octanol–water partition coefficient (Wildman–Crippen LogP) is 2.95. The van der Waals surface area contributed by atoms with Gasteiger partial charge in [0.1, 0.15) is 11.2 Å². The average molecular weight is 390 g/mol. The van der Waals surface area contributed by atoms with Crippen LogP contribution in [0.1, 0.15) is 18.4 Å². The van der Waals surface area contributed by atoms with Gasteiger partial charge in [-0.3, -0.25) is 4.79 Å². The van der Waals surface area contributed by atoms with Crippen LogP contribution in [0.4, 0.5) is 19.0 Å². The van der Waals surface area contributed by atoms with Crippen molar-refractivity contribution in [3.63, 3.8) is 0 Å². The zero-order chi connectivity index (χ0) is 20.1. The van der Waals surface area contributed by atoms with E-state index in [1.165, 1.54) is 29.2 Å². The summed E-state index contributed by atoms with van der Waals surface area (Å²) >= 11 is 0. The summed E-state index contributed by atoms with van der Waals surface area (Å²) < 4.78 is 39.8. The van der Waals surface area contributed by atoms with Crippen LogP contribution in [0.2, 0.25) is 0 Å². The zero-order valence-corrected chi connectivity index (χ0v) is 14.9. The molecule has 0 spiro atoms. The highest BCUT2D eigenvalue weighted by Gasteiger charge is 2.30. The summed E-state index contributed by atoms with van der Waals surface area (Å²) in [5.41, 5.74) is 0.255. The molecule has 0 amide bonds. The van der Waals surface area contributed by atoms with Gasteiger partial charge >= 0.3 is 6.18 Å². The number of alkyl halides is 3. The standard InChI is InChI=1S/C19H17F3N4O2/c1-26-9-24-16-14(10-2-4-11(5-3-10)19(20,21)22)8-23-17(15(16)18(26)28)25-12-6-13(27)7-12/h2-5,8-9,12-13,27H,6-7H2,1H3,(H,23,25). The predicted molar refractivity (Wildman–Crippen MR) is 97.9 cm³/mol. The molecule has 0 unspecified atom stereocenters. The smallest absolute Gasteiger partial charge is 0.393 e. The topological polar surface area (TPSA) is 80.0 Å². The molecule has 0 bridgehead atoms. The third kappa shape index (κ3) is 3.22. The lowest BCUT2D eigenvalue weighted by Gasteiger charge is -2.32. The van der Waals surface area contributed by atoms with Gasteiger partial charge in [0.25, 0.3) is 5.56 Å². The number of halogens is 3. The third-order valence-electron chi connectivity index (χ3n) is 4.92. The maximum atomic E-state index is 12.8. The van der Waals surface area contributed by atoms with Crippen LogP contribution in [0.25, 0.3) is 22.0 Å². The van der Waals surface area contributed by atoms with Crippen molar-refractivity contribution >= 4 is 16.7 Å². The van der Waals surface area contributed by atoms with Crippen LogP contribution in [0, 0.1) is 0 Å². The zero-order valence-electron chi connectivity index (χ0n) is 14.9. The number of nitrogens with one attached hydrogen (secondary N) is 1. The highest BCUT2D eigenvalue weighted by molar-refractivity contribution is 5.98. The van der Waals surface area contributed by atoms with Gasteiger partial charge in [-0.05, 0) is 30.5 Å². The van der Waals surface area contributed by atoms with Crippen LogP contribution < -0.4 is 10.9 Å². The Hall–Kier alpha value is -2.94. The van der Waals surface area contributed by atoms with E-state index in [2.05, 4.69) is 15.3 Å². The molecule has 0 radical (unpaired) electrons. The van der Waals surface area contributed by atoms with E-state index in [9.17, 15) is 23.1 Å². The first-order chi connectivity index (χ1) is 13.2. The fourth-order valence-electron chi connectivity index (χ4n) is 3.27. The second-order valence-corrected chi connectivity index (χ2v) is 6.95. The minimum atomic E-state index is -4.42. The summed E-state index contributed by atoms with van der Waals surface area (Å²) in [6.45, 7) is 0. The van der Waals surface area contributed by atoms with Gasteiger partial charge in [0.2, 0.25) is 0 Å². The quantitative estimate of drug-likeness (QED) is 0.719. The van der Waals surface area contributed by atoms with E-state index >= 15 is 0 Å². The molecule has 3 aromatic rings. The van der Waals surface area contributed by atoms with Crippen molar-refractivity contribution in [1.29, 1.82) is 0 Å². The number of hydrogen-bond acceptors (Lipinski definition) is 5. The van der Waals surface area contributed by atoms with E-state index in [0.29, 0.717) is 35.3 Å². The average Bonchev–Trinajstić information content (AvgIpc) is 2.63. The van der Waals surface area contributed by atoms with E-state index in [-0.39, 0.29) is 23.1 Å². The second-order valence-electron chi connectivity index (χ2n) is 6.95. The summed E-state index contributed by atoms with van der Waals surface area (Å²) in [5, 5.41) is 12.9. The number of rotatable bonds is 3. The van der Waals surface area contributed by atoms with Crippen LogP contribution in [0.3, 0.4) is 0 Å². The summed E-state index contributed by atoms with van der Waals surface area (Å²) in [5.74, 6) is 0.358. The van der Waals surface area contributed by atoms with Gasteiger partial charge in [0.05, 0.1) is 23.5 Å². The number of nitrogens with zero attached hydrogens (tertiary/aromatic N) is 3. The number of benzene rings is 1. The highest BCUT2D eigenvalue weighted by atomic mass is 19.4. The molecule has 0 atom stereocenters. The van der Waals surface area contributed by atoms with Gasteiger partial charge in [0, 0.05) is 24.8 Å². The van der Waals surface area contributed by atoms with E-state index in [1.54, 1.807) is 7.05 Å². The number of fused-ring (bicyclic) bond motifs is 1. The molecule has 146 valence electrons. The van der Waals surface area contributed by atoms with Crippen LogP contribution >= 0.6 is 0 Å². The molecule has 2 N–H and O–H groups in total. The Morgan fingerprint density at radius 1 is 1.18 bits per heavy atom. The number of aromatic nitrogens is 3. The summed E-state index contributed by atoms with van der Waals surface area (Å²) in [7, 11) is 1.57. The van der Waals surface area contributed by atoms with E-state index < -0.39 is 11.7 Å². The van der Waals surface area contributed by atoms with Gasteiger partial charge < -0.3 is 15.0 Å². The van der Waals surface area contributed by atoms with Gasteiger partial charge in [-0.1, -0.05) is 12.1 Å². The fraction of sp³-hybridized carbons (Fsp3) is 0.316. The molecule has 6 nitrogen and oxygen atoms in total. The van der Waals surface area contributed by atoms with Gasteiger partial charge in [-0.25, -0.2) is 9.97 Å². The summed E-state index contributed by atoms with van der Waals surface area (Å²) in [6, 6.07) is 4.67. The third-order valence-corrected chi connectivity index (χ3v) is 4.92. The number of pyridine rings is 1. The Bertz CT molecular complexity index is 1090. The normalized spacial score (nSPS) is 19.5. The molecule has 1 aliphatic carbocycles. The van der Waals surface area contributed by atoms with Gasteiger partial charge in [-0.2, -0.15) is 13.2 Å². The van der Waals surface area contributed by atoms with Crippen molar-refractivity contribution in [3.8, 4) is 11.1 Å². The molecule has 4 rings (SSSR count).